The Morgan fingerprint density at radius 2 is 1.34 bits per heavy atom. The molecule has 0 N–H and O–H groups in total. The van der Waals surface area contributed by atoms with E-state index in [1.807, 2.05) is 34.6 Å². The van der Waals surface area contributed by atoms with Gasteiger partial charge in [-0.1, -0.05) is 60.3 Å². The van der Waals surface area contributed by atoms with Gasteiger partial charge in [0.2, 0.25) is 0 Å². The fraction of sp³-hybridized carbons (Fsp3) is 0.920. The molecule has 29 heavy (non-hydrogen) atoms. The SMILES string of the molecule is CCCCC(CC)C(=O)OC(C)(CC)CCOC(C)(C)C(=O)C(CC)CCCC. The number of rotatable bonds is 17. The molecule has 0 aromatic heterocycles. The normalized spacial score (nSPS) is 16.1. The number of carbonyl (C=O) groups is 2. The van der Waals surface area contributed by atoms with E-state index in [1.165, 1.54) is 0 Å². The maximum absolute atomic E-state index is 12.9. The van der Waals surface area contributed by atoms with E-state index in [4.69, 9.17) is 9.47 Å². The third kappa shape index (κ3) is 10.1. The molecule has 0 aliphatic heterocycles. The Labute approximate surface area is 180 Å². The van der Waals surface area contributed by atoms with Gasteiger partial charge in [0.15, 0.2) is 5.78 Å². The van der Waals surface area contributed by atoms with Crippen LogP contribution in [0.1, 0.15) is 120 Å². The summed E-state index contributed by atoms with van der Waals surface area (Å²) in [5, 5.41) is 0. The predicted molar refractivity (Wildman–Crippen MR) is 121 cm³/mol. The fourth-order valence-electron chi connectivity index (χ4n) is 3.62. The van der Waals surface area contributed by atoms with Crippen molar-refractivity contribution < 1.29 is 19.1 Å². The number of Topliss-reactive ketones (excluding diaryl/α,β-unsaturated/α-hetero) is 1. The largest absolute Gasteiger partial charge is 0.459 e. The first-order valence-electron chi connectivity index (χ1n) is 12.0. The highest BCUT2D eigenvalue weighted by Crippen LogP contribution is 2.27. The van der Waals surface area contributed by atoms with Gasteiger partial charge in [0, 0.05) is 12.3 Å². The zero-order chi connectivity index (χ0) is 22.5. The van der Waals surface area contributed by atoms with Gasteiger partial charge in [-0.05, 0) is 52.9 Å². The van der Waals surface area contributed by atoms with E-state index in [-0.39, 0.29) is 23.6 Å². The Morgan fingerprint density at radius 3 is 1.79 bits per heavy atom. The quantitative estimate of drug-likeness (QED) is 0.244. The number of hydrogen-bond acceptors (Lipinski definition) is 4. The lowest BCUT2D eigenvalue weighted by Crippen LogP contribution is -2.41. The van der Waals surface area contributed by atoms with E-state index in [2.05, 4.69) is 20.8 Å². The van der Waals surface area contributed by atoms with E-state index in [0.29, 0.717) is 13.0 Å². The smallest absolute Gasteiger partial charge is 0.309 e. The Hall–Kier alpha value is -0.900. The van der Waals surface area contributed by atoms with Crippen molar-refractivity contribution in [1.29, 1.82) is 0 Å². The van der Waals surface area contributed by atoms with Crippen LogP contribution in [0.2, 0.25) is 0 Å². The summed E-state index contributed by atoms with van der Waals surface area (Å²) in [6.07, 6.45) is 9.12. The molecule has 0 saturated heterocycles. The maximum Gasteiger partial charge on any atom is 0.309 e. The molecular weight excluding hydrogens is 364 g/mol. The summed E-state index contributed by atoms with van der Waals surface area (Å²) in [4.78, 5) is 25.6. The van der Waals surface area contributed by atoms with Crippen LogP contribution in [0.15, 0.2) is 0 Å². The van der Waals surface area contributed by atoms with Gasteiger partial charge in [-0.15, -0.1) is 0 Å². The number of esters is 1. The minimum Gasteiger partial charge on any atom is -0.459 e. The summed E-state index contributed by atoms with van der Waals surface area (Å²) in [6.45, 7) is 16.6. The van der Waals surface area contributed by atoms with Crippen molar-refractivity contribution in [3.8, 4) is 0 Å². The molecule has 0 aromatic carbocycles. The third-order valence-electron chi connectivity index (χ3n) is 6.28. The second-order valence-corrected chi connectivity index (χ2v) is 9.19. The molecule has 0 rings (SSSR count). The van der Waals surface area contributed by atoms with E-state index >= 15 is 0 Å². The van der Waals surface area contributed by atoms with Gasteiger partial charge < -0.3 is 9.47 Å². The lowest BCUT2D eigenvalue weighted by Gasteiger charge is -2.33. The summed E-state index contributed by atoms with van der Waals surface area (Å²) in [5.74, 6) is 0.133. The molecule has 0 spiro atoms. The highest BCUT2D eigenvalue weighted by Gasteiger charge is 2.35. The van der Waals surface area contributed by atoms with E-state index < -0.39 is 11.2 Å². The highest BCUT2D eigenvalue weighted by molar-refractivity contribution is 5.88. The average molecular weight is 413 g/mol. The zero-order valence-electron chi connectivity index (χ0n) is 20.6. The van der Waals surface area contributed by atoms with Crippen LogP contribution in [0.4, 0.5) is 0 Å². The topological polar surface area (TPSA) is 52.6 Å². The second kappa shape index (κ2) is 14.2. The molecule has 0 aliphatic rings. The van der Waals surface area contributed by atoms with E-state index in [9.17, 15) is 9.59 Å². The van der Waals surface area contributed by atoms with Crippen molar-refractivity contribution in [3.63, 3.8) is 0 Å². The van der Waals surface area contributed by atoms with Gasteiger partial charge in [0.25, 0.3) is 0 Å². The number of unbranched alkanes of at least 4 members (excludes halogenated alkanes) is 2. The van der Waals surface area contributed by atoms with Gasteiger partial charge in [-0.25, -0.2) is 0 Å². The van der Waals surface area contributed by atoms with Crippen molar-refractivity contribution in [3.05, 3.63) is 0 Å². The zero-order valence-corrected chi connectivity index (χ0v) is 20.6. The summed E-state index contributed by atoms with van der Waals surface area (Å²) >= 11 is 0. The molecule has 0 aliphatic carbocycles. The van der Waals surface area contributed by atoms with E-state index in [0.717, 1.165) is 57.8 Å². The molecule has 172 valence electrons. The minimum atomic E-state index is -0.805. The predicted octanol–water partition coefficient (Wildman–Crippen LogP) is 6.89. The molecule has 3 unspecified atom stereocenters. The molecule has 0 heterocycles. The van der Waals surface area contributed by atoms with Crippen LogP contribution in [-0.4, -0.2) is 29.6 Å². The number of carbonyl (C=O) groups excluding carboxylic acids is 2. The second-order valence-electron chi connectivity index (χ2n) is 9.19. The van der Waals surface area contributed by atoms with Crippen LogP contribution in [-0.2, 0) is 19.1 Å². The Morgan fingerprint density at radius 1 is 0.828 bits per heavy atom. The molecule has 0 saturated carbocycles. The molecule has 4 nitrogen and oxygen atoms in total. The maximum atomic E-state index is 12.9. The van der Waals surface area contributed by atoms with Crippen LogP contribution in [0, 0.1) is 11.8 Å². The number of ether oxygens (including phenoxy) is 2. The highest BCUT2D eigenvalue weighted by atomic mass is 16.6. The number of hydrogen-bond donors (Lipinski definition) is 0. The lowest BCUT2D eigenvalue weighted by molar-refractivity contribution is -0.168. The van der Waals surface area contributed by atoms with Crippen molar-refractivity contribution in [2.45, 2.75) is 131 Å². The molecule has 0 radical (unpaired) electrons. The molecule has 0 fully saturated rings. The van der Waals surface area contributed by atoms with Gasteiger partial charge in [0.1, 0.15) is 11.2 Å². The van der Waals surface area contributed by atoms with Gasteiger partial charge in [-0.2, -0.15) is 0 Å². The molecule has 0 amide bonds. The Bertz CT molecular complexity index is 471. The van der Waals surface area contributed by atoms with Gasteiger partial charge in [-0.3, -0.25) is 9.59 Å². The molecule has 0 bridgehead atoms. The van der Waals surface area contributed by atoms with Gasteiger partial charge in [0.05, 0.1) is 12.5 Å². The minimum absolute atomic E-state index is 0.0244. The van der Waals surface area contributed by atoms with E-state index in [1.54, 1.807) is 0 Å². The van der Waals surface area contributed by atoms with Crippen LogP contribution in [0.5, 0.6) is 0 Å². The van der Waals surface area contributed by atoms with Crippen molar-refractivity contribution in [1.82, 2.24) is 0 Å². The van der Waals surface area contributed by atoms with Crippen molar-refractivity contribution >= 4 is 11.8 Å². The first-order chi connectivity index (χ1) is 13.6. The summed E-state index contributed by atoms with van der Waals surface area (Å²) in [5.41, 5.74) is -1.36. The number of ketones is 1. The average Bonchev–Trinajstić information content (AvgIpc) is 2.68. The lowest BCUT2D eigenvalue weighted by atomic mass is 9.86. The van der Waals surface area contributed by atoms with Crippen LogP contribution < -0.4 is 0 Å². The van der Waals surface area contributed by atoms with Crippen LogP contribution in [0.3, 0.4) is 0 Å². The first-order valence-corrected chi connectivity index (χ1v) is 12.0. The third-order valence-corrected chi connectivity index (χ3v) is 6.28. The summed E-state index contributed by atoms with van der Waals surface area (Å²) in [6, 6.07) is 0. The Balaban J connectivity index is 4.81. The molecule has 3 atom stereocenters. The monoisotopic (exact) mass is 412 g/mol. The van der Waals surface area contributed by atoms with Gasteiger partial charge >= 0.3 is 5.97 Å². The van der Waals surface area contributed by atoms with Crippen molar-refractivity contribution in [2.75, 3.05) is 6.61 Å². The molecule has 0 aromatic rings. The first kappa shape index (κ1) is 28.1. The summed E-state index contributed by atoms with van der Waals surface area (Å²) < 4.78 is 12.0. The molecule has 4 heteroatoms. The molecular formula is C25H48O4. The van der Waals surface area contributed by atoms with Crippen LogP contribution in [0.25, 0.3) is 0 Å². The summed E-state index contributed by atoms with van der Waals surface area (Å²) in [7, 11) is 0. The van der Waals surface area contributed by atoms with Crippen LogP contribution >= 0.6 is 0 Å². The fourth-order valence-corrected chi connectivity index (χ4v) is 3.62. The standard InChI is InChI=1S/C25H48O4/c1-9-14-16-20(11-3)22(26)24(6,7)28-19-18-25(8,13-5)29-23(27)21(12-4)17-15-10-2/h20-21H,9-19H2,1-8H3. The Kier molecular flexibility index (Phi) is 13.7. The van der Waals surface area contributed by atoms with Crippen molar-refractivity contribution in [2.24, 2.45) is 11.8 Å².